The zero-order chi connectivity index (χ0) is 25.3. The summed E-state index contributed by atoms with van der Waals surface area (Å²) in [5.74, 6) is -0.474. The maximum absolute atomic E-state index is 12.3. The molecule has 2 bridgehead atoms. The molecule has 2 aliphatic heterocycles. The topological polar surface area (TPSA) is 79.2 Å². The first-order chi connectivity index (χ1) is 16.2. The minimum absolute atomic E-state index is 0.0281. The van der Waals surface area contributed by atoms with Crippen molar-refractivity contribution in [1.29, 1.82) is 0 Å². The molecule has 0 aromatic carbocycles. The second kappa shape index (κ2) is 7.11. The second-order valence-corrected chi connectivity index (χ2v) is 14.2. The van der Waals surface area contributed by atoms with Crippen molar-refractivity contribution in [2.45, 2.75) is 116 Å². The quantitative estimate of drug-likeness (QED) is 0.472. The molecule has 5 heteroatoms. The Hall–Kier alpha value is -0.980. The summed E-state index contributed by atoms with van der Waals surface area (Å²) in [5, 5.41) is 34.0. The van der Waals surface area contributed by atoms with Gasteiger partial charge in [-0.15, -0.1) is 0 Å². The van der Waals surface area contributed by atoms with Crippen LogP contribution in [0, 0.1) is 34.0 Å². The van der Waals surface area contributed by atoms with Gasteiger partial charge in [-0.05, 0) is 79.8 Å². The molecule has 35 heavy (non-hydrogen) atoms. The zero-order valence-electron chi connectivity index (χ0n) is 22.5. The third-order valence-electron chi connectivity index (χ3n) is 11.5. The van der Waals surface area contributed by atoms with Crippen LogP contribution in [0.15, 0.2) is 34.9 Å². The van der Waals surface area contributed by atoms with E-state index in [1.165, 1.54) is 16.7 Å². The van der Waals surface area contributed by atoms with E-state index in [1.54, 1.807) is 13.8 Å². The first-order valence-corrected chi connectivity index (χ1v) is 13.7. The molecule has 1 spiro atoms. The number of allylic oxidation sites excluding steroid dienone is 4. The van der Waals surface area contributed by atoms with Gasteiger partial charge in [-0.1, -0.05) is 58.4 Å². The van der Waals surface area contributed by atoms with E-state index in [4.69, 9.17) is 9.47 Å². The maximum Gasteiger partial charge on any atom is 0.199 e. The van der Waals surface area contributed by atoms with Crippen LogP contribution in [-0.4, -0.2) is 51.1 Å². The van der Waals surface area contributed by atoms with Crippen molar-refractivity contribution in [3.8, 4) is 0 Å². The highest BCUT2D eigenvalue weighted by Crippen LogP contribution is 2.74. The van der Waals surface area contributed by atoms with Crippen LogP contribution in [-0.2, 0) is 9.47 Å². The van der Waals surface area contributed by atoms with Gasteiger partial charge in [-0.2, -0.15) is 0 Å². The molecule has 1 saturated carbocycles. The third kappa shape index (κ3) is 2.83. The summed E-state index contributed by atoms with van der Waals surface area (Å²) >= 11 is 0. The summed E-state index contributed by atoms with van der Waals surface area (Å²) in [6.45, 7) is 14.8. The van der Waals surface area contributed by atoms with Crippen LogP contribution in [0.25, 0.3) is 0 Å². The Morgan fingerprint density at radius 3 is 2.40 bits per heavy atom. The van der Waals surface area contributed by atoms with Crippen LogP contribution in [0.2, 0.25) is 0 Å². The Morgan fingerprint density at radius 2 is 1.71 bits per heavy atom. The molecule has 0 aromatic rings. The average molecular weight is 485 g/mol. The Bertz CT molecular complexity index is 1030. The monoisotopic (exact) mass is 484 g/mol. The molecule has 5 nitrogen and oxygen atoms in total. The van der Waals surface area contributed by atoms with Crippen LogP contribution in [0.4, 0.5) is 0 Å². The van der Waals surface area contributed by atoms with E-state index in [0.717, 1.165) is 25.7 Å². The van der Waals surface area contributed by atoms with Gasteiger partial charge in [0.2, 0.25) is 0 Å². The molecule has 0 aromatic heterocycles. The number of aliphatic hydroxyl groups is 3. The normalized spacial score (nSPS) is 52.3. The molecule has 3 N–H and O–H groups in total. The van der Waals surface area contributed by atoms with Crippen molar-refractivity contribution >= 4 is 0 Å². The predicted octanol–water partition coefficient (Wildman–Crippen LogP) is 4.66. The number of rotatable bonds is 1. The minimum atomic E-state index is -1.10. The Morgan fingerprint density at radius 1 is 1.00 bits per heavy atom. The number of ether oxygens (including phenoxy) is 2. The van der Waals surface area contributed by atoms with Crippen LogP contribution in [0.5, 0.6) is 0 Å². The van der Waals surface area contributed by atoms with Crippen molar-refractivity contribution in [2.24, 2.45) is 34.0 Å². The summed E-state index contributed by atoms with van der Waals surface area (Å²) in [5.41, 5.74) is 2.00. The molecule has 6 rings (SSSR count). The van der Waals surface area contributed by atoms with Gasteiger partial charge in [0.05, 0.1) is 17.8 Å². The number of fused-ring (bicyclic) bond motifs is 6. The smallest absolute Gasteiger partial charge is 0.199 e. The molecule has 2 heterocycles. The van der Waals surface area contributed by atoms with Gasteiger partial charge in [0.25, 0.3) is 0 Å². The minimum Gasteiger partial charge on any atom is -0.392 e. The SMILES string of the molecule is CC1CC2OC3(OC2C(C)(C)O)C1C1(C)CC=C2CC4=CCC(O)C(C)(C)C4CC=C2C1(C)C3O. The van der Waals surface area contributed by atoms with Gasteiger partial charge in [0.15, 0.2) is 5.79 Å². The fourth-order valence-electron chi connectivity index (χ4n) is 9.43. The number of aliphatic hydroxyl groups excluding tert-OH is 2. The molecule has 10 unspecified atom stereocenters. The van der Waals surface area contributed by atoms with Gasteiger partial charge in [0, 0.05) is 11.3 Å². The lowest BCUT2D eigenvalue weighted by atomic mass is 9.53. The largest absolute Gasteiger partial charge is 0.392 e. The molecule has 10 atom stereocenters. The van der Waals surface area contributed by atoms with Gasteiger partial charge in [-0.25, -0.2) is 0 Å². The van der Waals surface area contributed by atoms with E-state index in [2.05, 4.69) is 52.8 Å². The fraction of sp³-hybridized carbons (Fsp3) is 0.800. The molecule has 0 radical (unpaired) electrons. The first-order valence-electron chi connectivity index (χ1n) is 13.7. The lowest BCUT2D eigenvalue weighted by molar-refractivity contribution is -0.279. The van der Waals surface area contributed by atoms with E-state index in [-0.39, 0.29) is 29.0 Å². The second-order valence-electron chi connectivity index (χ2n) is 14.2. The van der Waals surface area contributed by atoms with Crippen LogP contribution in [0.3, 0.4) is 0 Å². The summed E-state index contributed by atoms with van der Waals surface area (Å²) in [6, 6.07) is 0. The first kappa shape index (κ1) is 24.4. The highest BCUT2D eigenvalue weighted by Gasteiger charge is 2.80. The van der Waals surface area contributed by atoms with E-state index in [0.29, 0.717) is 18.3 Å². The molecule has 3 fully saturated rings. The van der Waals surface area contributed by atoms with E-state index in [9.17, 15) is 15.3 Å². The lowest BCUT2D eigenvalue weighted by Crippen LogP contribution is -2.52. The summed E-state index contributed by atoms with van der Waals surface area (Å²) < 4.78 is 13.4. The molecule has 0 amide bonds. The zero-order valence-corrected chi connectivity index (χ0v) is 22.5. The molecule has 6 aliphatic rings. The highest BCUT2D eigenvalue weighted by molar-refractivity contribution is 5.50. The Labute approximate surface area is 210 Å². The molecular weight excluding hydrogens is 440 g/mol. The maximum atomic E-state index is 12.3. The van der Waals surface area contributed by atoms with Crippen molar-refractivity contribution < 1.29 is 24.8 Å². The number of hydrogen-bond donors (Lipinski definition) is 3. The molecule has 4 aliphatic carbocycles. The van der Waals surface area contributed by atoms with E-state index in [1.807, 2.05) is 0 Å². The summed E-state index contributed by atoms with van der Waals surface area (Å²) in [4.78, 5) is 0. The van der Waals surface area contributed by atoms with Crippen molar-refractivity contribution in [3.63, 3.8) is 0 Å². The van der Waals surface area contributed by atoms with Gasteiger partial charge in [0.1, 0.15) is 12.2 Å². The van der Waals surface area contributed by atoms with E-state index < -0.39 is 29.0 Å². The molecule has 2 saturated heterocycles. The number of hydrogen-bond acceptors (Lipinski definition) is 5. The van der Waals surface area contributed by atoms with Gasteiger partial charge < -0.3 is 24.8 Å². The van der Waals surface area contributed by atoms with Crippen molar-refractivity contribution in [2.75, 3.05) is 0 Å². The van der Waals surface area contributed by atoms with Crippen LogP contribution < -0.4 is 0 Å². The summed E-state index contributed by atoms with van der Waals surface area (Å²) in [7, 11) is 0. The highest BCUT2D eigenvalue weighted by atomic mass is 16.8. The standard InChI is InChI=1S/C30H44O5/c1-16-14-21-24(27(4,5)33)35-30(34-21)23(16)28(6)13-12-18-15-17-8-11-22(31)26(2,3)19(17)9-10-20(18)29(28,7)25(30)32/h8,10,12,16,19,21-25,31-33H,9,11,13-15H2,1-7H3. The summed E-state index contributed by atoms with van der Waals surface area (Å²) in [6.07, 6.45) is 9.39. The van der Waals surface area contributed by atoms with Gasteiger partial charge in [-0.3, -0.25) is 0 Å². The average Bonchev–Trinajstić information content (AvgIpc) is 3.03. The van der Waals surface area contributed by atoms with Crippen molar-refractivity contribution in [3.05, 3.63) is 34.9 Å². The Balaban J connectivity index is 1.47. The predicted molar refractivity (Wildman–Crippen MR) is 134 cm³/mol. The Kier molecular flexibility index (Phi) is 4.95. The van der Waals surface area contributed by atoms with Crippen molar-refractivity contribution in [1.82, 2.24) is 0 Å². The third-order valence-corrected chi connectivity index (χ3v) is 11.5. The molecule has 194 valence electrons. The van der Waals surface area contributed by atoms with E-state index >= 15 is 0 Å². The van der Waals surface area contributed by atoms with Gasteiger partial charge >= 0.3 is 0 Å². The lowest BCUT2D eigenvalue weighted by Gasteiger charge is -2.51. The fourth-order valence-corrected chi connectivity index (χ4v) is 9.43. The van der Waals surface area contributed by atoms with Crippen LogP contribution >= 0.6 is 0 Å². The molecular formula is C30H44O5. The van der Waals surface area contributed by atoms with Crippen LogP contribution in [0.1, 0.15) is 80.6 Å².